The van der Waals surface area contributed by atoms with Crippen LogP contribution in [0, 0.1) is 6.92 Å². The summed E-state index contributed by atoms with van der Waals surface area (Å²) in [5.74, 6) is 0.513. The summed E-state index contributed by atoms with van der Waals surface area (Å²) >= 11 is 1.51. The van der Waals surface area contributed by atoms with Crippen molar-refractivity contribution in [2.24, 2.45) is 0 Å². The summed E-state index contributed by atoms with van der Waals surface area (Å²) in [7, 11) is 0. The van der Waals surface area contributed by atoms with Crippen molar-refractivity contribution >= 4 is 11.3 Å². The third kappa shape index (κ3) is 2.62. The van der Waals surface area contributed by atoms with Gasteiger partial charge in [0.05, 0.1) is 5.69 Å². The number of rotatable bonds is 3. The van der Waals surface area contributed by atoms with Gasteiger partial charge in [-0.05, 0) is 37.0 Å². The first-order valence-corrected chi connectivity index (χ1v) is 7.11. The van der Waals surface area contributed by atoms with Crippen molar-refractivity contribution in [3.05, 3.63) is 39.7 Å². The molecule has 0 spiro atoms. The maximum atomic E-state index is 9.54. The molecule has 2 rings (SSSR count). The number of nitrogens with zero attached hydrogens (tertiary/aromatic N) is 1. The standard InChI is InChI=1S/C15H19NOS/c1-9(2)12-6-5-10(3)13(7-12)14-8-18-15(16-14)11(4)17/h5-9,11,17H,1-4H3. The van der Waals surface area contributed by atoms with Crippen LogP contribution in [0.1, 0.15) is 48.9 Å². The van der Waals surface area contributed by atoms with E-state index in [1.54, 1.807) is 6.92 Å². The molecule has 0 saturated carbocycles. The van der Waals surface area contributed by atoms with Crippen molar-refractivity contribution in [3.8, 4) is 11.3 Å². The molecule has 96 valence electrons. The van der Waals surface area contributed by atoms with Crippen LogP contribution in [-0.4, -0.2) is 10.1 Å². The van der Waals surface area contributed by atoms with Crippen molar-refractivity contribution in [1.29, 1.82) is 0 Å². The maximum Gasteiger partial charge on any atom is 0.122 e. The van der Waals surface area contributed by atoms with Crippen LogP contribution in [-0.2, 0) is 0 Å². The zero-order valence-electron chi connectivity index (χ0n) is 11.3. The Kier molecular flexibility index (Phi) is 3.83. The van der Waals surface area contributed by atoms with Crippen molar-refractivity contribution in [2.45, 2.75) is 39.7 Å². The summed E-state index contributed by atoms with van der Waals surface area (Å²) in [6.45, 7) is 8.23. The van der Waals surface area contributed by atoms with Crippen LogP contribution in [0.15, 0.2) is 23.6 Å². The molecule has 0 aliphatic carbocycles. The van der Waals surface area contributed by atoms with Crippen LogP contribution in [0.25, 0.3) is 11.3 Å². The minimum Gasteiger partial charge on any atom is -0.386 e. The Hall–Kier alpha value is -1.19. The number of aliphatic hydroxyl groups is 1. The Balaban J connectivity index is 2.45. The summed E-state index contributed by atoms with van der Waals surface area (Å²) in [6, 6.07) is 6.53. The second-order valence-electron chi connectivity index (χ2n) is 4.98. The summed E-state index contributed by atoms with van der Waals surface area (Å²) in [6.07, 6.45) is -0.489. The number of aryl methyl sites for hydroxylation is 1. The van der Waals surface area contributed by atoms with Gasteiger partial charge in [0.1, 0.15) is 11.1 Å². The average Bonchev–Trinajstić information content (AvgIpc) is 2.78. The molecule has 0 aliphatic rings. The van der Waals surface area contributed by atoms with Gasteiger partial charge in [-0.2, -0.15) is 0 Å². The van der Waals surface area contributed by atoms with E-state index in [2.05, 4.69) is 44.0 Å². The van der Waals surface area contributed by atoms with Gasteiger partial charge in [-0.15, -0.1) is 11.3 Å². The first-order valence-electron chi connectivity index (χ1n) is 6.23. The normalized spacial score (nSPS) is 13.0. The molecule has 0 fully saturated rings. The first-order chi connectivity index (χ1) is 8.49. The molecule has 3 heteroatoms. The lowest BCUT2D eigenvalue weighted by Gasteiger charge is -2.09. The predicted octanol–water partition coefficient (Wildman–Crippen LogP) is 4.30. The van der Waals surface area contributed by atoms with Crippen LogP contribution in [0.5, 0.6) is 0 Å². The van der Waals surface area contributed by atoms with Gasteiger partial charge in [0.2, 0.25) is 0 Å². The molecule has 0 amide bonds. The van der Waals surface area contributed by atoms with Gasteiger partial charge in [-0.3, -0.25) is 0 Å². The molecule has 1 aromatic carbocycles. The highest BCUT2D eigenvalue weighted by atomic mass is 32.1. The lowest BCUT2D eigenvalue weighted by atomic mass is 9.97. The molecule has 0 radical (unpaired) electrons. The highest BCUT2D eigenvalue weighted by Gasteiger charge is 2.11. The van der Waals surface area contributed by atoms with E-state index >= 15 is 0 Å². The van der Waals surface area contributed by atoms with E-state index in [4.69, 9.17) is 0 Å². The molecule has 0 bridgehead atoms. The van der Waals surface area contributed by atoms with Crippen molar-refractivity contribution in [2.75, 3.05) is 0 Å². The van der Waals surface area contributed by atoms with Gasteiger partial charge in [-0.1, -0.05) is 26.0 Å². The summed E-state index contributed by atoms with van der Waals surface area (Å²) in [5, 5.41) is 12.3. The highest BCUT2D eigenvalue weighted by molar-refractivity contribution is 7.10. The smallest absolute Gasteiger partial charge is 0.122 e. The van der Waals surface area contributed by atoms with E-state index < -0.39 is 6.10 Å². The minimum absolute atomic E-state index is 0.489. The number of aliphatic hydroxyl groups excluding tert-OH is 1. The van der Waals surface area contributed by atoms with Crippen LogP contribution in [0.2, 0.25) is 0 Å². The van der Waals surface area contributed by atoms with E-state index in [9.17, 15) is 5.11 Å². The number of thiazole rings is 1. The third-order valence-corrected chi connectivity index (χ3v) is 4.10. The Morgan fingerprint density at radius 2 is 1.94 bits per heavy atom. The lowest BCUT2D eigenvalue weighted by molar-refractivity contribution is 0.199. The molecule has 1 aromatic heterocycles. The predicted molar refractivity (Wildman–Crippen MR) is 77.0 cm³/mol. The maximum absolute atomic E-state index is 9.54. The fraction of sp³-hybridized carbons (Fsp3) is 0.400. The monoisotopic (exact) mass is 261 g/mol. The molecule has 0 aliphatic heterocycles. The topological polar surface area (TPSA) is 33.1 Å². The second-order valence-corrected chi connectivity index (χ2v) is 5.87. The van der Waals surface area contributed by atoms with Gasteiger partial charge < -0.3 is 5.11 Å². The molecule has 2 aromatic rings. The average molecular weight is 261 g/mol. The van der Waals surface area contributed by atoms with Crippen LogP contribution in [0.3, 0.4) is 0 Å². The Morgan fingerprint density at radius 3 is 2.50 bits per heavy atom. The zero-order chi connectivity index (χ0) is 13.3. The SMILES string of the molecule is Cc1ccc(C(C)C)cc1-c1csc(C(C)O)n1. The van der Waals surface area contributed by atoms with Gasteiger partial charge in [0.25, 0.3) is 0 Å². The Labute approximate surface area is 112 Å². The second kappa shape index (κ2) is 5.21. The molecule has 1 unspecified atom stereocenters. The first kappa shape index (κ1) is 13.2. The van der Waals surface area contributed by atoms with Crippen LogP contribution < -0.4 is 0 Å². The number of hydrogen-bond donors (Lipinski definition) is 1. The Morgan fingerprint density at radius 1 is 1.22 bits per heavy atom. The molecule has 2 nitrogen and oxygen atoms in total. The number of aromatic nitrogens is 1. The zero-order valence-corrected chi connectivity index (χ0v) is 12.1. The Bertz CT molecular complexity index is 543. The molecular formula is C15H19NOS. The van der Waals surface area contributed by atoms with Gasteiger partial charge in [0.15, 0.2) is 0 Å². The quantitative estimate of drug-likeness (QED) is 0.893. The van der Waals surface area contributed by atoms with Crippen LogP contribution >= 0.6 is 11.3 Å². The summed E-state index contributed by atoms with van der Waals surface area (Å²) in [5.41, 5.74) is 4.68. The molecule has 1 heterocycles. The van der Waals surface area contributed by atoms with Gasteiger partial charge in [0, 0.05) is 10.9 Å². The molecule has 18 heavy (non-hydrogen) atoms. The third-order valence-electron chi connectivity index (χ3n) is 3.08. The van der Waals surface area contributed by atoms with Gasteiger partial charge >= 0.3 is 0 Å². The summed E-state index contributed by atoms with van der Waals surface area (Å²) in [4.78, 5) is 4.51. The number of hydrogen-bond acceptors (Lipinski definition) is 3. The fourth-order valence-corrected chi connectivity index (χ4v) is 2.64. The van der Waals surface area contributed by atoms with E-state index in [1.807, 2.05) is 5.38 Å². The van der Waals surface area contributed by atoms with Crippen LogP contribution in [0.4, 0.5) is 0 Å². The molecular weight excluding hydrogens is 242 g/mol. The van der Waals surface area contributed by atoms with E-state index in [0.717, 1.165) is 10.7 Å². The van der Waals surface area contributed by atoms with E-state index in [1.165, 1.54) is 28.0 Å². The number of benzene rings is 1. The molecule has 1 N–H and O–H groups in total. The van der Waals surface area contributed by atoms with Crippen molar-refractivity contribution in [3.63, 3.8) is 0 Å². The largest absolute Gasteiger partial charge is 0.386 e. The fourth-order valence-electron chi connectivity index (χ4n) is 1.88. The van der Waals surface area contributed by atoms with E-state index in [0.29, 0.717) is 5.92 Å². The van der Waals surface area contributed by atoms with Crippen molar-refractivity contribution < 1.29 is 5.11 Å². The molecule has 0 saturated heterocycles. The van der Waals surface area contributed by atoms with Gasteiger partial charge in [-0.25, -0.2) is 4.98 Å². The van der Waals surface area contributed by atoms with E-state index in [-0.39, 0.29) is 0 Å². The highest BCUT2D eigenvalue weighted by Crippen LogP contribution is 2.30. The lowest BCUT2D eigenvalue weighted by Crippen LogP contribution is -1.93. The van der Waals surface area contributed by atoms with Crippen molar-refractivity contribution in [1.82, 2.24) is 4.98 Å². The molecule has 1 atom stereocenters. The minimum atomic E-state index is -0.489. The summed E-state index contributed by atoms with van der Waals surface area (Å²) < 4.78 is 0.